The second-order valence-electron chi connectivity index (χ2n) is 3.61. The van der Waals surface area contributed by atoms with Crippen LogP contribution in [0, 0.1) is 0 Å². The summed E-state index contributed by atoms with van der Waals surface area (Å²) in [7, 11) is 0. The topological polar surface area (TPSA) is 50.4 Å². The third-order valence-electron chi connectivity index (χ3n) is 2.42. The molecular weight excluding hydrogens is 278 g/mol. The number of rotatable bonds is 3. The molecule has 88 valence electrons. The molecule has 0 spiro atoms. The van der Waals surface area contributed by atoms with Gasteiger partial charge in [-0.3, -0.25) is 4.99 Å². The molecule has 0 saturated heterocycles. The van der Waals surface area contributed by atoms with Crippen molar-refractivity contribution in [2.75, 3.05) is 17.2 Å². The van der Waals surface area contributed by atoms with Gasteiger partial charge in [0.1, 0.15) is 0 Å². The molecule has 0 amide bonds. The molecule has 17 heavy (non-hydrogen) atoms. The molecule has 2 rings (SSSR count). The first-order chi connectivity index (χ1) is 8.31. The number of guanidine groups is 1. The number of fused-ring (bicyclic) bond motifs is 1. The summed E-state index contributed by atoms with van der Waals surface area (Å²) in [6.45, 7) is 0.670. The Hall–Kier alpha value is -1.55. The minimum absolute atomic E-state index is 0.445. The van der Waals surface area contributed by atoms with Gasteiger partial charge in [-0.15, -0.1) is 0 Å². The maximum Gasteiger partial charge on any atom is 0.193 e. The zero-order valence-corrected chi connectivity index (χ0v) is 10.9. The summed E-state index contributed by atoms with van der Waals surface area (Å²) in [5.74, 6) is 0.445. The fourth-order valence-electron chi connectivity index (χ4n) is 1.67. The van der Waals surface area contributed by atoms with E-state index in [-0.39, 0.29) is 0 Å². The molecule has 4 heteroatoms. The van der Waals surface area contributed by atoms with E-state index >= 15 is 0 Å². The molecule has 0 heterocycles. The Bertz CT molecular complexity index is 532. The quantitative estimate of drug-likeness (QED) is 0.519. The number of hydrogen-bond acceptors (Lipinski definition) is 1. The van der Waals surface area contributed by atoms with E-state index in [1.54, 1.807) is 0 Å². The van der Waals surface area contributed by atoms with Crippen LogP contribution in [0.15, 0.2) is 47.5 Å². The highest BCUT2D eigenvalue weighted by Crippen LogP contribution is 2.22. The number of anilines is 1. The summed E-state index contributed by atoms with van der Waals surface area (Å²) in [6, 6.07) is 14.3. The number of halogens is 1. The van der Waals surface area contributed by atoms with Crippen molar-refractivity contribution in [2.24, 2.45) is 10.7 Å². The van der Waals surface area contributed by atoms with E-state index in [0.29, 0.717) is 12.5 Å². The molecule has 3 nitrogen and oxygen atoms in total. The van der Waals surface area contributed by atoms with Crippen molar-refractivity contribution in [1.82, 2.24) is 0 Å². The van der Waals surface area contributed by atoms with Crippen molar-refractivity contribution in [1.29, 1.82) is 0 Å². The lowest BCUT2D eigenvalue weighted by Gasteiger charge is -2.08. The lowest BCUT2D eigenvalue weighted by atomic mass is 10.1. The molecule has 0 aromatic heterocycles. The highest BCUT2D eigenvalue weighted by molar-refractivity contribution is 9.09. The van der Waals surface area contributed by atoms with Crippen LogP contribution in [0.5, 0.6) is 0 Å². The third-order valence-corrected chi connectivity index (χ3v) is 2.77. The average Bonchev–Trinajstić information content (AvgIpc) is 2.37. The standard InChI is InChI=1S/C13H14BrN3/c14-8-9-16-13(15)17-12-7-3-5-10-4-1-2-6-11(10)12/h1-7H,8-9H2,(H3,15,16,17). The van der Waals surface area contributed by atoms with Crippen molar-refractivity contribution >= 4 is 38.3 Å². The number of nitrogens with zero attached hydrogens (tertiary/aromatic N) is 1. The van der Waals surface area contributed by atoms with Crippen LogP contribution in [0.25, 0.3) is 10.8 Å². The minimum Gasteiger partial charge on any atom is -0.370 e. The molecule has 0 radical (unpaired) electrons. The summed E-state index contributed by atoms with van der Waals surface area (Å²) in [4.78, 5) is 4.18. The van der Waals surface area contributed by atoms with Crippen molar-refractivity contribution in [3.05, 3.63) is 42.5 Å². The van der Waals surface area contributed by atoms with Gasteiger partial charge in [-0.2, -0.15) is 0 Å². The Balaban J connectivity index is 2.30. The van der Waals surface area contributed by atoms with Gasteiger partial charge < -0.3 is 11.1 Å². The van der Waals surface area contributed by atoms with Crippen LogP contribution in [-0.4, -0.2) is 17.8 Å². The van der Waals surface area contributed by atoms with E-state index in [4.69, 9.17) is 5.73 Å². The van der Waals surface area contributed by atoms with Gasteiger partial charge in [0.15, 0.2) is 5.96 Å². The number of nitrogens with one attached hydrogen (secondary N) is 1. The van der Waals surface area contributed by atoms with Crippen LogP contribution in [0.1, 0.15) is 0 Å². The lowest BCUT2D eigenvalue weighted by Crippen LogP contribution is -2.23. The second kappa shape index (κ2) is 5.68. The maximum absolute atomic E-state index is 5.80. The highest BCUT2D eigenvalue weighted by atomic mass is 79.9. The van der Waals surface area contributed by atoms with Gasteiger partial charge >= 0.3 is 0 Å². The Kier molecular flexibility index (Phi) is 3.98. The molecule has 0 atom stereocenters. The lowest BCUT2D eigenvalue weighted by molar-refractivity contribution is 1.14. The normalized spacial score (nSPS) is 11.7. The Morgan fingerprint density at radius 1 is 1.18 bits per heavy atom. The molecule has 0 aliphatic carbocycles. The molecule has 2 aromatic carbocycles. The van der Waals surface area contributed by atoms with Crippen molar-refractivity contribution < 1.29 is 0 Å². The van der Waals surface area contributed by atoms with Gasteiger partial charge in [0.05, 0.1) is 6.54 Å². The van der Waals surface area contributed by atoms with Gasteiger partial charge in [-0.05, 0) is 11.5 Å². The first-order valence-electron chi connectivity index (χ1n) is 5.42. The Labute approximate surface area is 109 Å². The van der Waals surface area contributed by atoms with Crippen molar-refractivity contribution in [2.45, 2.75) is 0 Å². The molecule has 0 saturated carbocycles. The van der Waals surface area contributed by atoms with E-state index in [9.17, 15) is 0 Å². The first kappa shape index (κ1) is 11.9. The summed E-state index contributed by atoms with van der Waals surface area (Å²) < 4.78 is 0. The smallest absolute Gasteiger partial charge is 0.193 e. The second-order valence-corrected chi connectivity index (χ2v) is 4.40. The van der Waals surface area contributed by atoms with Crippen LogP contribution in [0.2, 0.25) is 0 Å². The molecular formula is C13H14BrN3. The zero-order valence-electron chi connectivity index (χ0n) is 9.36. The van der Waals surface area contributed by atoms with Gasteiger partial charge in [-0.25, -0.2) is 0 Å². The third kappa shape index (κ3) is 2.97. The SMILES string of the molecule is NC(=NCCBr)Nc1cccc2ccccc12. The molecule has 0 aliphatic rings. The molecule has 0 aliphatic heterocycles. The van der Waals surface area contributed by atoms with Gasteiger partial charge in [0, 0.05) is 16.4 Å². The fraction of sp³-hybridized carbons (Fsp3) is 0.154. The van der Waals surface area contributed by atoms with Crippen LogP contribution in [0.4, 0.5) is 5.69 Å². The Morgan fingerprint density at radius 2 is 1.94 bits per heavy atom. The monoisotopic (exact) mass is 291 g/mol. The first-order valence-corrected chi connectivity index (χ1v) is 6.54. The number of nitrogens with two attached hydrogens (primary N) is 1. The van der Waals surface area contributed by atoms with E-state index in [0.717, 1.165) is 16.4 Å². The average molecular weight is 292 g/mol. The molecule has 0 fully saturated rings. The molecule has 0 bridgehead atoms. The summed E-state index contributed by atoms with van der Waals surface area (Å²) >= 11 is 3.31. The van der Waals surface area contributed by atoms with E-state index < -0.39 is 0 Å². The summed E-state index contributed by atoms with van der Waals surface area (Å²) in [5.41, 5.74) is 6.79. The van der Waals surface area contributed by atoms with E-state index in [2.05, 4.69) is 44.4 Å². The maximum atomic E-state index is 5.80. The number of benzene rings is 2. The summed E-state index contributed by atoms with van der Waals surface area (Å²) in [6.07, 6.45) is 0. The zero-order chi connectivity index (χ0) is 12.1. The molecule has 3 N–H and O–H groups in total. The van der Waals surface area contributed by atoms with E-state index in [1.165, 1.54) is 5.39 Å². The highest BCUT2D eigenvalue weighted by Gasteiger charge is 2.00. The molecule has 0 unspecified atom stereocenters. The number of hydrogen-bond donors (Lipinski definition) is 2. The predicted molar refractivity (Wildman–Crippen MR) is 77.9 cm³/mol. The van der Waals surface area contributed by atoms with Gasteiger partial charge in [0.2, 0.25) is 0 Å². The van der Waals surface area contributed by atoms with Crippen LogP contribution < -0.4 is 11.1 Å². The summed E-state index contributed by atoms with van der Waals surface area (Å²) in [5, 5.41) is 6.27. The molecule has 2 aromatic rings. The Morgan fingerprint density at radius 3 is 2.76 bits per heavy atom. The van der Waals surface area contributed by atoms with Crippen LogP contribution in [0.3, 0.4) is 0 Å². The number of alkyl halides is 1. The van der Waals surface area contributed by atoms with Crippen molar-refractivity contribution in [3.63, 3.8) is 0 Å². The van der Waals surface area contributed by atoms with Gasteiger partial charge in [-0.1, -0.05) is 52.3 Å². The van der Waals surface area contributed by atoms with E-state index in [1.807, 2.05) is 24.3 Å². The van der Waals surface area contributed by atoms with Crippen molar-refractivity contribution in [3.8, 4) is 0 Å². The van der Waals surface area contributed by atoms with Crippen LogP contribution >= 0.6 is 15.9 Å². The fourth-order valence-corrected chi connectivity index (χ4v) is 1.85. The predicted octanol–water partition coefficient (Wildman–Crippen LogP) is 2.96. The minimum atomic E-state index is 0.445. The van der Waals surface area contributed by atoms with Gasteiger partial charge in [0.25, 0.3) is 0 Å². The largest absolute Gasteiger partial charge is 0.370 e. The van der Waals surface area contributed by atoms with Crippen LogP contribution in [-0.2, 0) is 0 Å². The number of aliphatic imine (C=N–C) groups is 1.